The molecule has 8 nitrogen and oxygen atoms in total. The van der Waals surface area contributed by atoms with Gasteiger partial charge in [-0.25, -0.2) is 0 Å². The summed E-state index contributed by atoms with van der Waals surface area (Å²) in [6.45, 7) is 0.0973. The molecule has 0 heterocycles. The number of benzene rings is 3. The lowest BCUT2D eigenvalue weighted by Crippen LogP contribution is -2.01. The van der Waals surface area contributed by atoms with E-state index >= 15 is 0 Å². The molecule has 0 aliphatic carbocycles. The normalized spacial score (nSPS) is 10.7. The number of ether oxygens (including phenoxy) is 4. The highest BCUT2D eigenvalue weighted by Crippen LogP contribution is 2.31. The molecule has 9 heteroatoms. The van der Waals surface area contributed by atoms with E-state index in [-0.39, 0.29) is 23.1 Å². The van der Waals surface area contributed by atoms with Crippen molar-refractivity contribution in [2.45, 2.75) is 6.61 Å². The predicted octanol–water partition coefficient (Wildman–Crippen LogP) is 5.75. The molecule has 0 aliphatic heterocycles. The summed E-state index contributed by atoms with van der Waals surface area (Å²) in [7, 11) is 4.55. The van der Waals surface area contributed by atoms with Gasteiger partial charge < -0.3 is 18.9 Å². The van der Waals surface area contributed by atoms with E-state index in [4.69, 9.17) is 30.5 Å². The summed E-state index contributed by atoms with van der Waals surface area (Å²) in [6.07, 6.45) is 3.11. The summed E-state index contributed by atoms with van der Waals surface area (Å²) in [5, 5.41) is 11.0. The summed E-state index contributed by atoms with van der Waals surface area (Å²) in [5.74, 6) is 1.62. The van der Waals surface area contributed by atoms with Crippen molar-refractivity contribution < 1.29 is 28.7 Å². The monoisotopic (exact) mass is 483 g/mol. The maximum Gasteiger partial charge on any atom is 0.271 e. The van der Waals surface area contributed by atoms with Gasteiger partial charge in [-0.05, 0) is 48.0 Å². The van der Waals surface area contributed by atoms with Crippen LogP contribution in [0, 0.1) is 10.1 Å². The summed E-state index contributed by atoms with van der Waals surface area (Å²) >= 11 is 6.11. The van der Waals surface area contributed by atoms with Crippen LogP contribution in [0.3, 0.4) is 0 Å². The SMILES string of the molecule is COc1ccc(OC)c(C(=O)/C=C/c2ccc(OC)c(COc3ccc([N+](=O)[O-])cc3Cl)c2)c1. The van der Waals surface area contributed by atoms with E-state index in [1.54, 1.807) is 36.4 Å². The van der Waals surface area contributed by atoms with Crippen molar-refractivity contribution in [3.05, 3.63) is 92.5 Å². The van der Waals surface area contributed by atoms with Crippen molar-refractivity contribution >= 4 is 29.1 Å². The number of non-ortho nitro benzene ring substituents is 1. The van der Waals surface area contributed by atoms with Gasteiger partial charge in [-0.3, -0.25) is 14.9 Å². The molecule has 0 amide bonds. The highest BCUT2D eigenvalue weighted by molar-refractivity contribution is 6.32. The number of hydrogen-bond donors (Lipinski definition) is 0. The van der Waals surface area contributed by atoms with Gasteiger partial charge in [0, 0.05) is 17.7 Å². The van der Waals surface area contributed by atoms with E-state index in [2.05, 4.69) is 0 Å². The molecule has 0 aliphatic rings. The number of carbonyl (C=O) groups excluding carboxylic acids is 1. The lowest BCUT2D eigenvalue weighted by Gasteiger charge is -2.12. The summed E-state index contributed by atoms with van der Waals surface area (Å²) in [6, 6.07) is 14.4. The smallest absolute Gasteiger partial charge is 0.271 e. The van der Waals surface area contributed by atoms with Crippen LogP contribution in [-0.2, 0) is 6.61 Å². The number of allylic oxidation sites excluding steroid dienone is 1. The van der Waals surface area contributed by atoms with E-state index < -0.39 is 4.92 Å². The fraction of sp³-hybridized carbons (Fsp3) is 0.160. The molecule has 0 radical (unpaired) electrons. The second kappa shape index (κ2) is 11.2. The topological polar surface area (TPSA) is 97.1 Å². The number of halogens is 1. The quantitative estimate of drug-likeness (QED) is 0.157. The molecule has 0 saturated carbocycles. The molecule has 3 aromatic rings. The average Bonchev–Trinajstić information content (AvgIpc) is 2.85. The van der Waals surface area contributed by atoms with Crippen molar-refractivity contribution in [3.63, 3.8) is 0 Å². The van der Waals surface area contributed by atoms with Gasteiger partial charge in [0.15, 0.2) is 5.78 Å². The van der Waals surface area contributed by atoms with E-state index in [0.29, 0.717) is 34.1 Å². The molecule has 0 saturated heterocycles. The van der Waals surface area contributed by atoms with Crippen LogP contribution in [0.5, 0.6) is 23.0 Å². The van der Waals surface area contributed by atoms with Crippen LogP contribution in [-0.4, -0.2) is 32.0 Å². The Labute approximate surface area is 201 Å². The Bertz CT molecular complexity index is 1240. The van der Waals surface area contributed by atoms with Crippen molar-refractivity contribution in [1.82, 2.24) is 0 Å². The number of methoxy groups -OCH3 is 3. The largest absolute Gasteiger partial charge is 0.497 e. The third-order valence-corrected chi connectivity index (χ3v) is 5.21. The Hall–Kier alpha value is -4.04. The first-order valence-electron chi connectivity index (χ1n) is 10.0. The van der Waals surface area contributed by atoms with Crippen molar-refractivity contribution in [3.8, 4) is 23.0 Å². The van der Waals surface area contributed by atoms with Gasteiger partial charge in [-0.2, -0.15) is 0 Å². The standard InChI is InChI=1S/C25H22ClNO7/c1-31-19-7-11-24(33-3)20(14-19)22(28)8-4-16-5-9-23(32-2)17(12-16)15-34-25-10-6-18(27(29)30)13-21(25)26/h4-14H,15H2,1-3H3/b8-4+. The molecule has 3 aromatic carbocycles. The third kappa shape index (κ3) is 5.85. The van der Waals surface area contributed by atoms with Gasteiger partial charge in [0.1, 0.15) is 29.6 Å². The minimum atomic E-state index is -0.531. The van der Waals surface area contributed by atoms with E-state index in [0.717, 1.165) is 5.56 Å². The zero-order valence-electron chi connectivity index (χ0n) is 18.7. The second-order valence-corrected chi connectivity index (χ2v) is 7.40. The first kappa shape index (κ1) is 24.6. The second-order valence-electron chi connectivity index (χ2n) is 7.00. The molecule has 0 spiro atoms. The Morgan fingerprint density at radius 1 is 0.941 bits per heavy atom. The molecule has 0 unspecified atom stereocenters. The number of nitro groups is 1. The molecular weight excluding hydrogens is 462 g/mol. The first-order chi connectivity index (χ1) is 16.4. The van der Waals surface area contributed by atoms with Crippen LogP contribution >= 0.6 is 11.6 Å². The fourth-order valence-electron chi connectivity index (χ4n) is 3.16. The molecule has 0 fully saturated rings. The highest BCUT2D eigenvalue weighted by Gasteiger charge is 2.13. The lowest BCUT2D eigenvalue weighted by atomic mass is 10.1. The third-order valence-electron chi connectivity index (χ3n) is 4.91. The number of hydrogen-bond acceptors (Lipinski definition) is 7. The number of rotatable bonds is 10. The van der Waals surface area contributed by atoms with Crippen LogP contribution < -0.4 is 18.9 Å². The van der Waals surface area contributed by atoms with Gasteiger partial charge >= 0.3 is 0 Å². The van der Waals surface area contributed by atoms with E-state index in [9.17, 15) is 14.9 Å². The highest BCUT2D eigenvalue weighted by atomic mass is 35.5. The van der Waals surface area contributed by atoms with Crippen LogP contribution in [0.4, 0.5) is 5.69 Å². The lowest BCUT2D eigenvalue weighted by molar-refractivity contribution is -0.384. The van der Waals surface area contributed by atoms with E-state index in [1.807, 2.05) is 6.07 Å². The van der Waals surface area contributed by atoms with Crippen LogP contribution in [0.15, 0.2) is 60.7 Å². The van der Waals surface area contributed by atoms with Crippen molar-refractivity contribution in [2.24, 2.45) is 0 Å². The van der Waals surface area contributed by atoms with Crippen LogP contribution in [0.2, 0.25) is 5.02 Å². The molecule has 0 N–H and O–H groups in total. The summed E-state index contributed by atoms with van der Waals surface area (Å²) in [5.41, 5.74) is 1.69. The van der Waals surface area contributed by atoms with Gasteiger partial charge in [-0.15, -0.1) is 0 Å². The van der Waals surface area contributed by atoms with Gasteiger partial charge in [0.2, 0.25) is 0 Å². The maximum absolute atomic E-state index is 12.8. The molecule has 3 rings (SSSR count). The Morgan fingerprint density at radius 3 is 2.29 bits per heavy atom. The van der Waals surface area contributed by atoms with E-state index in [1.165, 1.54) is 45.6 Å². The van der Waals surface area contributed by atoms with Crippen LogP contribution in [0.1, 0.15) is 21.5 Å². The maximum atomic E-state index is 12.8. The minimum Gasteiger partial charge on any atom is -0.497 e. The molecule has 0 bridgehead atoms. The number of nitro benzene ring substituents is 1. The minimum absolute atomic E-state index is 0.0973. The van der Waals surface area contributed by atoms with Crippen molar-refractivity contribution in [1.29, 1.82) is 0 Å². The fourth-order valence-corrected chi connectivity index (χ4v) is 3.39. The number of ketones is 1. The van der Waals surface area contributed by atoms with Crippen LogP contribution in [0.25, 0.3) is 6.08 Å². The van der Waals surface area contributed by atoms with Crippen molar-refractivity contribution in [2.75, 3.05) is 21.3 Å². The Kier molecular flexibility index (Phi) is 8.10. The molecule has 34 heavy (non-hydrogen) atoms. The van der Waals surface area contributed by atoms with Gasteiger partial charge in [0.05, 0.1) is 36.8 Å². The number of nitrogens with zero attached hydrogens (tertiary/aromatic N) is 1. The average molecular weight is 484 g/mol. The van der Waals surface area contributed by atoms with Gasteiger partial charge in [-0.1, -0.05) is 23.7 Å². The number of carbonyl (C=O) groups is 1. The molecule has 0 aromatic heterocycles. The molecule has 0 atom stereocenters. The summed E-state index contributed by atoms with van der Waals surface area (Å²) in [4.78, 5) is 23.1. The molecule has 176 valence electrons. The van der Waals surface area contributed by atoms with Gasteiger partial charge in [0.25, 0.3) is 5.69 Å². The summed E-state index contributed by atoms with van der Waals surface area (Å²) < 4.78 is 21.6. The zero-order valence-corrected chi connectivity index (χ0v) is 19.5. The Balaban J connectivity index is 1.79. The predicted molar refractivity (Wildman–Crippen MR) is 128 cm³/mol. The Morgan fingerprint density at radius 2 is 1.65 bits per heavy atom. The molecular formula is C25H22ClNO7. The zero-order chi connectivity index (χ0) is 24.7. The first-order valence-corrected chi connectivity index (χ1v) is 10.4.